The number of aliphatic carboxylic acids is 1. The standard InChI is InChI=1S/C30H48O3/c1-25(2)21-10-13-30(7)22(28(21,5)12-11-23(25)31)9-8-19-20-18-27(4,24(32)33)15-14-26(20,3)16-17-29(19,30)6/h8,20-23,31H,9-18H2,1-7H3,(H,32,33)/t20-,21-,22+,23-,26-,27+,28+,29-,30-/m1/s1. The van der Waals surface area contributed by atoms with Gasteiger partial charge in [-0.3, -0.25) is 4.79 Å². The minimum atomic E-state index is -0.603. The Kier molecular flexibility index (Phi) is 4.99. The summed E-state index contributed by atoms with van der Waals surface area (Å²) in [6.45, 7) is 16.8. The van der Waals surface area contributed by atoms with Crippen molar-refractivity contribution in [3.63, 3.8) is 0 Å². The molecule has 0 radical (unpaired) electrons. The molecule has 0 bridgehead atoms. The average molecular weight is 457 g/mol. The zero-order valence-electron chi connectivity index (χ0n) is 22.3. The molecule has 33 heavy (non-hydrogen) atoms. The van der Waals surface area contributed by atoms with E-state index in [2.05, 4.69) is 47.6 Å². The summed E-state index contributed by atoms with van der Waals surface area (Å²) in [4.78, 5) is 12.2. The van der Waals surface area contributed by atoms with Crippen molar-refractivity contribution in [2.75, 3.05) is 0 Å². The first-order valence-electron chi connectivity index (χ1n) is 13.8. The number of carboxylic acid groups (broad SMARTS) is 1. The van der Waals surface area contributed by atoms with Gasteiger partial charge in [0.05, 0.1) is 11.5 Å². The van der Waals surface area contributed by atoms with Gasteiger partial charge in [0.25, 0.3) is 0 Å². The molecule has 5 aliphatic rings. The van der Waals surface area contributed by atoms with Gasteiger partial charge in [-0.2, -0.15) is 0 Å². The van der Waals surface area contributed by atoms with Crippen molar-refractivity contribution in [2.45, 2.75) is 119 Å². The number of carbonyl (C=O) groups is 1. The molecule has 5 aliphatic carbocycles. The molecule has 0 aromatic carbocycles. The summed E-state index contributed by atoms with van der Waals surface area (Å²) >= 11 is 0. The lowest BCUT2D eigenvalue weighted by Crippen LogP contribution is -2.64. The summed E-state index contributed by atoms with van der Waals surface area (Å²) in [6, 6.07) is 0. The smallest absolute Gasteiger partial charge is 0.309 e. The first-order chi connectivity index (χ1) is 15.1. The predicted molar refractivity (Wildman–Crippen MR) is 133 cm³/mol. The molecular formula is C30H48O3. The molecule has 0 unspecified atom stereocenters. The average Bonchev–Trinajstić information content (AvgIpc) is 2.73. The Hall–Kier alpha value is -0.830. The van der Waals surface area contributed by atoms with Crippen LogP contribution in [0.1, 0.15) is 113 Å². The molecule has 3 heteroatoms. The molecule has 2 N–H and O–H groups in total. The van der Waals surface area contributed by atoms with E-state index in [1.165, 1.54) is 25.7 Å². The molecule has 0 saturated heterocycles. The summed E-state index contributed by atoms with van der Waals surface area (Å²) in [5.41, 5.74) is 1.94. The molecule has 0 amide bonds. The van der Waals surface area contributed by atoms with E-state index in [1.54, 1.807) is 5.57 Å². The lowest BCUT2D eigenvalue weighted by atomic mass is 9.33. The van der Waals surface area contributed by atoms with Crippen molar-refractivity contribution in [1.82, 2.24) is 0 Å². The highest BCUT2D eigenvalue weighted by Crippen LogP contribution is 2.75. The van der Waals surface area contributed by atoms with Crippen LogP contribution in [0.4, 0.5) is 0 Å². The third-order valence-electron chi connectivity index (χ3n) is 13.3. The van der Waals surface area contributed by atoms with Gasteiger partial charge in [0.1, 0.15) is 0 Å². The van der Waals surface area contributed by atoms with Gasteiger partial charge in [-0.25, -0.2) is 0 Å². The van der Waals surface area contributed by atoms with E-state index in [1.807, 2.05) is 6.92 Å². The van der Waals surface area contributed by atoms with E-state index in [0.717, 1.165) is 38.5 Å². The Labute approximate surface area is 201 Å². The van der Waals surface area contributed by atoms with Crippen LogP contribution in [0.3, 0.4) is 0 Å². The van der Waals surface area contributed by atoms with Crippen LogP contribution in [0.15, 0.2) is 11.6 Å². The van der Waals surface area contributed by atoms with E-state index < -0.39 is 11.4 Å². The number of hydrogen-bond acceptors (Lipinski definition) is 2. The van der Waals surface area contributed by atoms with Crippen LogP contribution in [0, 0.1) is 50.2 Å². The zero-order chi connectivity index (χ0) is 24.2. The highest BCUT2D eigenvalue weighted by Gasteiger charge is 2.68. The number of hydrogen-bond donors (Lipinski definition) is 2. The highest BCUT2D eigenvalue weighted by molar-refractivity contribution is 5.74. The SMILES string of the molecule is CC1(C)[C@H](O)CC[C@@]2(C)[C@@H]1CC[C@]1(C)[C@H]2CC=C2[C@H]3C[C@@](C)(C(=O)O)CC[C@]3(C)CC[C@]21C. The van der Waals surface area contributed by atoms with Crippen LogP contribution in [0.5, 0.6) is 0 Å². The van der Waals surface area contributed by atoms with Gasteiger partial charge in [0, 0.05) is 0 Å². The molecule has 4 fully saturated rings. The fourth-order valence-electron chi connectivity index (χ4n) is 10.5. The number of aliphatic hydroxyl groups excluding tert-OH is 1. The third kappa shape index (κ3) is 2.87. The Balaban J connectivity index is 1.57. The number of aliphatic hydroxyl groups is 1. The maximum atomic E-state index is 12.2. The summed E-state index contributed by atoms with van der Waals surface area (Å²) in [6.07, 6.45) is 13.2. The van der Waals surface area contributed by atoms with Crippen molar-refractivity contribution >= 4 is 5.97 Å². The van der Waals surface area contributed by atoms with Crippen LogP contribution in [-0.4, -0.2) is 22.3 Å². The first-order valence-corrected chi connectivity index (χ1v) is 13.8. The quantitative estimate of drug-likeness (QED) is 0.409. The van der Waals surface area contributed by atoms with Crippen LogP contribution in [0.2, 0.25) is 0 Å². The lowest BCUT2D eigenvalue weighted by Gasteiger charge is -2.71. The van der Waals surface area contributed by atoms with Crippen molar-refractivity contribution < 1.29 is 15.0 Å². The molecule has 0 heterocycles. The van der Waals surface area contributed by atoms with Crippen molar-refractivity contribution in [1.29, 1.82) is 0 Å². The van der Waals surface area contributed by atoms with Crippen molar-refractivity contribution in [3.05, 3.63) is 11.6 Å². The van der Waals surface area contributed by atoms with Gasteiger partial charge < -0.3 is 10.2 Å². The van der Waals surface area contributed by atoms with Gasteiger partial charge in [0.2, 0.25) is 0 Å². The normalized spacial score (nSPS) is 55.3. The van der Waals surface area contributed by atoms with Crippen LogP contribution in [0.25, 0.3) is 0 Å². The molecule has 186 valence electrons. The predicted octanol–water partition coefficient (Wildman–Crippen LogP) is 7.23. The monoisotopic (exact) mass is 456 g/mol. The fraction of sp³-hybridized carbons (Fsp3) is 0.900. The number of allylic oxidation sites excluding steroid dienone is 2. The first kappa shape index (κ1) is 23.9. The maximum Gasteiger partial charge on any atom is 0.309 e. The minimum absolute atomic E-state index is 0.0168. The van der Waals surface area contributed by atoms with Gasteiger partial charge >= 0.3 is 5.97 Å². The third-order valence-corrected chi connectivity index (χ3v) is 13.3. The van der Waals surface area contributed by atoms with E-state index in [4.69, 9.17) is 0 Å². The molecule has 0 aromatic heterocycles. The van der Waals surface area contributed by atoms with Gasteiger partial charge in [0.15, 0.2) is 0 Å². The molecular weight excluding hydrogens is 408 g/mol. The van der Waals surface area contributed by atoms with Crippen molar-refractivity contribution in [3.8, 4) is 0 Å². The van der Waals surface area contributed by atoms with Crippen LogP contribution in [-0.2, 0) is 4.79 Å². The minimum Gasteiger partial charge on any atom is -0.481 e. The Bertz CT molecular complexity index is 889. The molecule has 0 spiro atoms. The number of carboxylic acids is 1. The Morgan fingerprint density at radius 1 is 0.879 bits per heavy atom. The van der Waals surface area contributed by atoms with Crippen LogP contribution >= 0.6 is 0 Å². The fourth-order valence-corrected chi connectivity index (χ4v) is 10.5. The summed E-state index contributed by atoms with van der Waals surface area (Å²) < 4.78 is 0. The second-order valence-electron chi connectivity index (χ2n) is 14.9. The number of rotatable bonds is 1. The van der Waals surface area contributed by atoms with E-state index in [0.29, 0.717) is 17.8 Å². The highest BCUT2D eigenvalue weighted by atomic mass is 16.4. The second-order valence-corrected chi connectivity index (χ2v) is 14.9. The summed E-state index contributed by atoms with van der Waals surface area (Å²) in [5.74, 6) is 1.01. The topological polar surface area (TPSA) is 57.5 Å². The number of fused-ring (bicyclic) bond motifs is 7. The summed E-state index contributed by atoms with van der Waals surface area (Å²) in [5, 5.41) is 20.9. The molecule has 9 atom stereocenters. The Morgan fingerprint density at radius 3 is 2.21 bits per heavy atom. The second kappa shape index (κ2) is 6.89. The van der Waals surface area contributed by atoms with Gasteiger partial charge in [-0.05, 0) is 116 Å². The van der Waals surface area contributed by atoms with Gasteiger partial charge in [-0.1, -0.05) is 53.2 Å². The van der Waals surface area contributed by atoms with E-state index in [9.17, 15) is 15.0 Å². The van der Waals surface area contributed by atoms with E-state index >= 15 is 0 Å². The largest absolute Gasteiger partial charge is 0.481 e. The Morgan fingerprint density at radius 2 is 1.55 bits per heavy atom. The molecule has 3 nitrogen and oxygen atoms in total. The molecule has 5 rings (SSSR count). The van der Waals surface area contributed by atoms with Gasteiger partial charge in [-0.15, -0.1) is 0 Å². The van der Waals surface area contributed by atoms with Crippen molar-refractivity contribution in [2.24, 2.45) is 50.2 Å². The van der Waals surface area contributed by atoms with E-state index in [-0.39, 0.29) is 33.2 Å². The molecule has 4 saturated carbocycles. The zero-order valence-corrected chi connectivity index (χ0v) is 22.3. The molecule has 0 aromatic rings. The van der Waals surface area contributed by atoms with Crippen LogP contribution < -0.4 is 0 Å². The molecule has 0 aliphatic heterocycles. The maximum absolute atomic E-state index is 12.2. The summed E-state index contributed by atoms with van der Waals surface area (Å²) in [7, 11) is 0. The lowest BCUT2D eigenvalue weighted by molar-refractivity contribution is -0.203.